The van der Waals surface area contributed by atoms with Crippen molar-refractivity contribution in [2.45, 2.75) is 26.7 Å². The fourth-order valence-electron chi connectivity index (χ4n) is 3.20. The molecule has 1 heterocycles. The van der Waals surface area contributed by atoms with E-state index in [0.29, 0.717) is 10.6 Å². The van der Waals surface area contributed by atoms with Gasteiger partial charge in [-0.2, -0.15) is 0 Å². The highest BCUT2D eigenvalue weighted by Crippen LogP contribution is 2.46. The Morgan fingerprint density at radius 2 is 1.91 bits per heavy atom. The first-order valence-electron chi connectivity index (χ1n) is 7.01. The normalized spacial score (nSPS) is 12.5. The van der Waals surface area contributed by atoms with Gasteiger partial charge in [-0.15, -0.1) is 11.3 Å². The molecule has 0 unspecified atom stereocenters. The third kappa shape index (κ3) is 2.25. The zero-order valence-electron chi connectivity index (χ0n) is 12.4. The average Bonchev–Trinajstić information content (AvgIpc) is 2.74. The summed E-state index contributed by atoms with van der Waals surface area (Å²) in [6, 6.07) is 3.61. The predicted octanol–water partition coefficient (Wildman–Crippen LogP) is 2.72. The molecule has 1 aliphatic rings. The number of rotatable bonds is 2. The van der Waals surface area contributed by atoms with Gasteiger partial charge in [-0.25, -0.2) is 4.79 Å². The zero-order chi connectivity index (χ0) is 16.0. The Morgan fingerprint density at radius 3 is 2.55 bits per heavy atom. The molecule has 0 saturated carbocycles. The Balaban J connectivity index is 2.26. The van der Waals surface area contributed by atoms with Gasteiger partial charge in [-0.3, -0.25) is 10.1 Å². The highest BCUT2D eigenvalue weighted by Gasteiger charge is 2.28. The van der Waals surface area contributed by atoms with Gasteiger partial charge in [0.15, 0.2) is 0 Å². The number of anilines is 1. The van der Waals surface area contributed by atoms with Gasteiger partial charge in [-0.05, 0) is 48.9 Å². The molecule has 114 valence electrons. The van der Waals surface area contributed by atoms with Crippen molar-refractivity contribution in [3.8, 4) is 10.4 Å². The maximum Gasteiger partial charge on any atom is 0.317 e. The number of nitrogens with one attached hydrogen (secondary N) is 1. The second-order valence-corrected chi connectivity index (χ2v) is 6.60. The highest BCUT2D eigenvalue weighted by molar-refractivity contribution is 7.20. The van der Waals surface area contributed by atoms with E-state index in [1.54, 1.807) is 0 Å². The van der Waals surface area contributed by atoms with Crippen LogP contribution in [-0.2, 0) is 12.8 Å². The van der Waals surface area contributed by atoms with E-state index in [-0.39, 0.29) is 0 Å². The molecule has 0 atom stereocenters. The number of carbonyl (C=O) groups is 2. The summed E-state index contributed by atoms with van der Waals surface area (Å²) < 4.78 is 0. The Hall–Kier alpha value is -2.34. The molecule has 3 amide bonds. The van der Waals surface area contributed by atoms with Gasteiger partial charge >= 0.3 is 6.03 Å². The van der Waals surface area contributed by atoms with E-state index in [9.17, 15) is 9.59 Å². The highest BCUT2D eigenvalue weighted by atomic mass is 32.1. The zero-order valence-corrected chi connectivity index (χ0v) is 13.3. The summed E-state index contributed by atoms with van der Waals surface area (Å²) in [4.78, 5) is 24.0. The first-order chi connectivity index (χ1) is 10.4. The van der Waals surface area contributed by atoms with E-state index >= 15 is 0 Å². The van der Waals surface area contributed by atoms with E-state index in [1.807, 2.05) is 0 Å². The van der Waals surface area contributed by atoms with Gasteiger partial charge in [0.1, 0.15) is 5.00 Å². The van der Waals surface area contributed by atoms with Crippen LogP contribution < -0.4 is 16.8 Å². The summed E-state index contributed by atoms with van der Waals surface area (Å²) in [6.45, 7) is 4.14. The van der Waals surface area contributed by atoms with E-state index < -0.39 is 11.9 Å². The van der Waals surface area contributed by atoms with Gasteiger partial charge in [0.25, 0.3) is 5.91 Å². The van der Waals surface area contributed by atoms with Crippen molar-refractivity contribution in [3.05, 3.63) is 39.9 Å². The summed E-state index contributed by atoms with van der Waals surface area (Å²) >= 11 is 1.37. The van der Waals surface area contributed by atoms with Crippen LogP contribution in [0.3, 0.4) is 0 Å². The Bertz CT molecular complexity index is 808. The molecule has 1 aromatic carbocycles. The van der Waals surface area contributed by atoms with E-state index in [0.717, 1.165) is 28.8 Å². The molecule has 0 aliphatic heterocycles. The molecule has 22 heavy (non-hydrogen) atoms. The first kappa shape index (κ1) is 14.6. The second kappa shape index (κ2) is 5.14. The average molecular weight is 315 g/mol. The van der Waals surface area contributed by atoms with Crippen LogP contribution in [-0.4, -0.2) is 11.9 Å². The fourth-order valence-corrected chi connectivity index (χ4v) is 4.61. The van der Waals surface area contributed by atoms with Crippen molar-refractivity contribution in [1.82, 2.24) is 0 Å². The van der Waals surface area contributed by atoms with Gasteiger partial charge < -0.3 is 11.5 Å². The van der Waals surface area contributed by atoms with Crippen LogP contribution in [0.2, 0.25) is 0 Å². The minimum Gasteiger partial charge on any atom is -0.365 e. The Morgan fingerprint density at radius 1 is 1.18 bits per heavy atom. The van der Waals surface area contributed by atoms with Crippen LogP contribution in [0.1, 0.15) is 32.6 Å². The largest absolute Gasteiger partial charge is 0.365 e. The topological polar surface area (TPSA) is 98.2 Å². The monoisotopic (exact) mass is 315 g/mol. The van der Waals surface area contributed by atoms with Crippen molar-refractivity contribution in [2.75, 3.05) is 5.32 Å². The minimum atomic E-state index is -0.693. The number of amides is 3. The van der Waals surface area contributed by atoms with Crippen LogP contribution in [0.15, 0.2) is 12.1 Å². The number of carbonyl (C=O) groups excluding carboxylic acids is 2. The van der Waals surface area contributed by atoms with Crippen molar-refractivity contribution < 1.29 is 9.59 Å². The maximum absolute atomic E-state index is 11.8. The Labute approximate surface area is 132 Å². The number of thiophene rings is 1. The van der Waals surface area contributed by atoms with Crippen LogP contribution >= 0.6 is 11.3 Å². The minimum absolute atomic E-state index is 0.393. The fraction of sp³-hybridized carbons (Fsp3) is 0.250. The lowest BCUT2D eigenvalue weighted by Crippen LogP contribution is -2.22. The summed E-state index contributed by atoms with van der Waals surface area (Å²) in [6.07, 6.45) is 1.60. The number of aryl methyl sites for hydroxylation is 3. The van der Waals surface area contributed by atoms with Crippen molar-refractivity contribution in [1.29, 1.82) is 0 Å². The maximum atomic E-state index is 11.8. The van der Waals surface area contributed by atoms with E-state index in [1.165, 1.54) is 28.0 Å². The molecule has 1 aliphatic carbocycles. The number of fused-ring (bicyclic) bond motifs is 3. The molecule has 3 rings (SSSR count). The van der Waals surface area contributed by atoms with Crippen molar-refractivity contribution >= 4 is 28.3 Å². The number of urea groups is 1. The molecule has 5 nitrogen and oxygen atoms in total. The number of nitrogens with two attached hydrogens (primary N) is 2. The van der Waals surface area contributed by atoms with Crippen molar-refractivity contribution in [3.63, 3.8) is 0 Å². The van der Waals surface area contributed by atoms with Gasteiger partial charge in [0.05, 0.1) is 5.56 Å². The second-order valence-electron chi connectivity index (χ2n) is 5.58. The summed E-state index contributed by atoms with van der Waals surface area (Å²) in [5, 5.41) is 2.97. The summed E-state index contributed by atoms with van der Waals surface area (Å²) in [7, 11) is 0. The SMILES string of the molecule is Cc1cc(C)c2c(c1)CCc1c-2sc(NC(N)=O)c1C(N)=O. The molecule has 0 spiro atoms. The Kier molecular flexibility index (Phi) is 3.41. The number of primary amides is 2. The molecule has 0 bridgehead atoms. The van der Waals surface area contributed by atoms with Crippen LogP contribution in [0.25, 0.3) is 10.4 Å². The smallest absolute Gasteiger partial charge is 0.317 e. The van der Waals surface area contributed by atoms with Gasteiger partial charge in [-0.1, -0.05) is 17.7 Å². The predicted molar refractivity (Wildman–Crippen MR) is 88.4 cm³/mol. The van der Waals surface area contributed by atoms with Crippen LogP contribution in [0, 0.1) is 13.8 Å². The first-order valence-corrected chi connectivity index (χ1v) is 7.82. The third-order valence-corrected chi connectivity index (χ3v) is 5.09. The van der Waals surface area contributed by atoms with Gasteiger partial charge in [0, 0.05) is 4.88 Å². The molecule has 5 N–H and O–H groups in total. The van der Waals surface area contributed by atoms with E-state index in [4.69, 9.17) is 11.5 Å². The molecule has 2 aromatic rings. The number of hydrogen-bond acceptors (Lipinski definition) is 3. The third-order valence-electron chi connectivity index (χ3n) is 3.92. The molecular weight excluding hydrogens is 298 g/mol. The molecular formula is C16H17N3O2S. The standard InChI is InChI=1S/C16H17N3O2S/c1-7-5-8(2)11-9(6-7)3-4-10-12(14(17)20)15(19-16(18)21)22-13(10)11/h5-6H,3-4H2,1-2H3,(H2,17,20)(H3,18,19,21). The molecule has 0 fully saturated rings. The lowest BCUT2D eigenvalue weighted by atomic mass is 9.86. The van der Waals surface area contributed by atoms with Crippen LogP contribution in [0.5, 0.6) is 0 Å². The number of benzene rings is 1. The lowest BCUT2D eigenvalue weighted by molar-refractivity contribution is 0.100. The number of hydrogen-bond donors (Lipinski definition) is 3. The summed E-state index contributed by atoms with van der Waals surface area (Å²) in [5.41, 5.74) is 16.8. The quantitative estimate of drug-likeness (QED) is 0.794. The molecule has 1 aromatic heterocycles. The summed E-state index contributed by atoms with van der Waals surface area (Å²) in [5.74, 6) is -0.533. The van der Waals surface area contributed by atoms with Crippen LogP contribution in [0.4, 0.5) is 9.80 Å². The van der Waals surface area contributed by atoms with Gasteiger partial charge in [0.2, 0.25) is 0 Å². The molecule has 0 saturated heterocycles. The molecule has 6 heteroatoms. The van der Waals surface area contributed by atoms with Crippen molar-refractivity contribution in [2.24, 2.45) is 11.5 Å². The van der Waals surface area contributed by atoms with E-state index in [2.05, 4.69) is 31.3 Å². The molecule has 0 radical (unpaired) electrons. The lowest BCUT2D eigenvalue weighted by Gasteiger charge is -2.20.